The first-order valence-corrected chi connectivity index (χ1v) is 23.8. The molecule has 0 bridgehead atoms. The Morgan fingerprint density at radius 1 is 0.270 bits per heavy atom. The zero-order chi connectivity index (χ0) is 41.5. The minimum atomic E-state index is -2.83. The third-order valence-electron chi connectivity index (χ3n) is 13.6. The van der Waals surface area contributed by atoms with Crippen molar-refractivity contribution >= 4 is 72.4 Å². The summed E-state index contributed by atoms with van der Waals surface area (Å²) in [4.78, 5) is 0. The highest BCUT2D eigenvalue weighted by Gasteiger charge is 2.47. The van der Waals surface area contributed by atoms with Crippen LogP contribution in [-0.4, -0.2) is 17.2 Å². The molecule has 0 N–H and O–H groups in total. The summed E-state index contributed by atoms with van der Waals surface area (Å²) in [5, 5.41) is 10.7. The van der Waals surface area contributed by atoms with E-state index in [2.05, 4.69) is 252 Å². The molecule has 2 nitrogen and oxygen atoms in total. The van der Waals surface area contributed by atoms with Crippen molar-refractivity contribution in [3.05, 3.63) is 243 Å². The van der Waals surface area contributed by atoms with Crippen molar-refractivity contribution in [2.24, 2.45) is 0 Å². The van der Waals surface area contributed by atoms with Gasteiger partial charge in [0, 0.05) is 32.9 Å². The standard InChI is InChI=1S/C60H40N2Si/c1-5-16-41(17-6-1)44-28-33-49(34-29-44)63(48-22-11-4-12-23-48)58-26-14-13-25-57(58)62-56-37-32-47(40-53(56)50-24-15-27-59(63)60(50)62)61-54-35-30-45(42-18-7-2-8-19-42)38-51(54)52-39-46(31-36-55(52)61)43-20-9-3-10-21-43/h1-40H. The quantitative estimate of drug-likeness (QED) is 0.148. The van der Waals surface area contributed by atoms with Crippen LogP contribution in [0.2, 0.25) is 0 Å². The Bertz CT molecular complexity index is 3600. The van der Waals surface area contributed by atoms with Crippen molar-refractivity contribution in [1.29, 1.82) is 0 Å². The maximum atomic E-state index is 2.57. The van der Waals surface area contributed by atoms with E-state index < -0.39 is 8.07 Å². The lowest BCUT2D eigenvalue weighted by Gasteiger charge is -2.39. The molecule has 1 unspecified atom stereocenters. The van der Waals surface area contributed by atoms with Crippen molar-refractivity contribution in [2.45, 2.75) is 0 Å². The van der Waals surface area contributed by atoms with Crippen molar-refractivity contribution in [1.82, 2.24) is 9.13 Å². The summed E-state index contributed by atoms with van der Waals surface area (Å²) >= 11 is 0. The van der Waals surface area contributed by atoms with Gasteiger partial charge in [-0.2, -0.15) is 0 Å². The van der Waals surface area contributed by atoms with Crippen LogP contribution in [0.1, 0.15) is 0 Å². The first kappa shape index (κ1) is 35.7. The topological polar surface area (TPSA) is 9.86 Å². The van der Waals surface area contributed by atoms with Crippen LogP contribution in [-0.2, 0) is 0 Å². The van der Waals surface area contributed by atoms with Crippen molar-refractivity contribution in [3.63, 3.8) is 0 Å². The maximum absolute atomic E-state index is 2.83. The fourth-order valence-corrected chi connectivity index (χ4v) is 15.9. The van der Waals surface area contributed by atoms with Gasteiger partial charge < -0.3 is 9.13 Å². The van der Waals surface area contributed by atoms with Gasteiger partial charge in [-0.1, -0.05) is 194 Å². The van der Waals surface area contributed by atoms with E-state index in [-0.39, 0.29) is 0 Å². The molecule has 0 saturated carbocycles. The van der Waals surface area contributed by atoms with Crippen molar-refractivity contribution in [2.75, 3.05) is 0 Å². The summed E-state index contributed by atoms with van der Waals surface area (Å²) in [6, 6.07) is 90.5. The molecule has 2 aromatic heterocycles. The van der Waals surface area contributed by atoms with Gasteiger partial charge in [-0.05, 0) is 103 Å². The summed E-state index contributed by atoms with van der Waals surface area (Å²) in [6.45, 7) is 0. The average molecular weight is 817 g/mol. The lowest BCUT2D eigenvalue weighted by molar-refractivity contribution is 1.17. The Morgan fingerprint density at radius 3 is 1.33 bits per heavy atom. The highest BCUT2D eigenvalue weighted by Crippen LogP contribution is 2.40. The van der Waals surface area contributed by atoms with E-state index in [1.807, 2.05) is 0 Å². The third kappa shape index (κ3) is 5.30. The molecule has 1 aliphatic heterocycles. The highest BCUT2D eigenvalue weighted by molar-refractivity contribution is 7.21. The van der Waals surface area contributed by atoms with Gasteiger partial charge in [-0.15, -0.1) is 0 Å². The van der Waals surface area contributed by atoms with E-state index in [1.54, 1.807) is 0 Å². The van der Waals surface area contributed by atoms with E-state index in [0.717, 1.165) is 5.69 Å². The molecule has 13 rings (SSSR count). The van der Waals surface area contributed by atoms with Crippen LogP contribution in [0.5, 0.6) is 0 Å². The van der Waals surface area contributed by atoms with Crippen molar-refractivity contribution in [3.8, 4) is 44.8 Å². The number of fused-ring (bicyclic) bond motifs is 8. The second kappa shape index (κ2) is 14.0. The smallest absolute Gasteiger partial charge is 0.184 e. The molecule has 1 aliphatic rings. The maximum Gasteiger partial charge on any atom is 0.184 e. The van der Waals surface area contributed by atoms with Gasteiger partial charge in [0.1, 0.15) is 0 Å². The summed E-state index contributed by atoms with van der Waals surface area (Å²) in [5.74, 6) is 0. The molecule has 3 heteroatoms. The van der Waals surface area contributed by atoms with Crippen LogP contribution in [0.15, 0.2) is 243 Å². The number of para-hydroxylation sites is 2. The number of benzene rings is 10. The SMILES string of the molecule is c1ccc(-c2ccc([Si]3(c4ccccc4)c4ccccc4-n4c5ccc(-n6c7ccc(-c8ccccc8)cc7c7cc(-c8ccccc8)ccc76)cc5c5cccc3c54)cc2)cc1. The van der Waals surface area contributed by atoms with Crippen LogP contribution in [0.3, 0.4) is 0 Å². The molecular weight excluding hydrogens is 777 g/mol. The van der Waals surface area contributed by atoms with Crippen LogP contribution in [0.4, 0.5) is 0 Å². The second-order valence-electron chi connectivity index (χ2n) is 16.8. The number of rotatable bonds is 6. The molecule has 12 aromatic rings. The molecule has 0 fully saturated rings. The summed E-state index contributed by atoms with van der Waals surface area (Å²) < 4.78 is 5.04. The third-order valence-corrected chi connectivity index (χ3v) is 18.4. The Balaban J connectivity index is 1.07. The average Bonchev–Trinajstić information content (AvgIpc) is 3.88. The predicted molar refractivity (Wildman–Crippen MR) is 269 cm³/mol. The first-order chi connectivity index (χ1) is 31.3. The fourth-order valence-electron chi connectivity index (χ4n) is 10.8. The lowest BCUT2D eigenvalue weighted by Crippen LogP contribution is -2.76. The molecule has 10 aromatic carbocycles. The molecule has 63 heavy (non-hydrogen) atoms. The van der Waals surface area contributed by atoms with Crippen LogP contribution < -0.4 is 20.7 Å². The number of aromatic nitrogens is 2. The van der Waals surface area contributed by atoms with E-state index in [4.69, 9.17) is 0 Å². The highest BCUT2D eigenvalue weighted by atomic mass is 28.3. The number of nitrogens with zero attached hydrogens (tertiary/aromatic N) is 2. The van der Waals surface area contributed by atoms with E-state index in [1.165, 1.54) is 103 Å². The van der Waals surface area contributed by atoms with Gasteiger partial charge in [0.05, 0.1) is 22.1 Å². The fraction of sp³-hybridized carbons (Fsp3) is 0. The van der Waals surface area contributed by atoms with Gasteiger partial charge in [0.15, 0.2) is 8.07 Å². The molecule has 0 aliphatic carbocycles. The molecular formula is C60H40N2Si. The predicted octanol–water partition coefficient (Wildman–Crippen LogP) is 12.6. The Hall–Kier alpha value is -7.98. The molecule has 0 spiro atoms. The summed E-state index contributed by atoms with van der Waals surface area (Å²) in [7, 11) is -2.83. The Labute approximate surface area is 367 Å². The van der Waals surface area contributed by atoms with Gasteiger partial charge >= 0.3 is 0 Å². The summed E-state index contributed by atoms with van der Waals surface area (Å²) in [6.07, 6.45) is 0. The lowest BCUT2D eigenvalue weighted by atomic mass is 10.0. The molecule has 294 valence electrons. The minimum absolute atomic E-state index is 1.16. The van der Waals surface area contributed by atoms with Gasteiger partial charge in [-0.25, -0.2) is 0 Å². The first-order valence-electron chi connectivity index (χ1n) is 21.8. The van der Waals surface area contributed by atoms with Gasteiger partial charge in [-0.3, -0.25) is 0 Å². The summed E-state index contributed by atoms with van der Waals surface area (Å²) in [5.41, 5.74) is 14.7. The Kier molecular flexibility index (Phi) is 7.96. The molecule has 0 radical (unpaired) electrons. The zero-order valence-electron chi connectivity index (χ0n) is 34.5. The van der Waals surface area contributed by atoms with Crippen molar-refractivity contribution < 1.29 is 0 Å². The molecule has 0 amide bonds. The molecule has 1 atom stereocenters. The normalized spacial score (nSPS) is 14.4. The van der Waals surface area contributed by atoms with E-state index in [9.17, 15) is 0 Å². The number of hydrogen-bond acceptors (Lipinski definition) is 0. The van der Waals surface area contributed by atoms with Crippen LogP contribution >= 0.6 is 0 Å². The monoisotopic (exact) mass is 816 g/mol. The largest absolute Gasteiger partial charge is 0.309 e. The molecule has 3 heterocycles. The van der Waals surface area contributed by atoms with Crippen LogP contribution in [0.25, 0.3) is 88.4 Å². The second-order valence-corrected chi connectivity index (χ2v) is 20.6. The molecule has 0 saturated heterocycles. The Morgan fingerprint density at radius 2 is 0.714 bits per heavy atom. The van der Waals surface area contributed by atoms with Gasteiger partial charge in [0.25, 0.3) is 0 Å². The zero-order valence-corrected chi connectivity index (χ0v) is 35.5. The van der Waals surface area contributed by atoms with Crippen LogP contribution in [0, 0.1) is 0 Å². The minimum Gasteiger partial charge on any atom is -0.309 e. The van der Waals surface area contributed by atoms with Gasteiger partial charge in [0.2, 0.25) is 0 Å². The number of hydrogen-bond donors (Lipinski definition) is 0. The van der Waals surface area contributed by atoms with E-state index >= 15 is 0 Å². The van der Waals surface area contributed by atoms with E-state index in [0.29, 0.717) is 0 Å².